The first kappa shape index (κ1) is 25.6. The molecule has 0 heterocycles. The zero-order valence-electron chi connectivity index (χ0n) is 16.8. The minimum absolute atomic E-state index is 0.0738. The number of amides is 2. The third kappa shape index (κ3) is 10.7. The number of rotatable bonds is 8. The number of alkyl carbamates (subject to hydrolysis) is 1. The Morgan fingerprint density at radius 1 is 1.21 bits per heavy atom. The maximum atomic E-state index is 13.9. The highest BCUT2D eigenvalue weighted by molar-refractivity contribution is 7.95. The predicted octanol–water partition coefficient (Wildman–Crippen LogP) is 1.36. The van der Waals surface area contributed by atoms with E-state index < -0.39 is 50.2 Å². The van der Waals surface area contributed by atoms with Crippen molar-refractivity contribution in [1.82, 2.24) is 10.6 Å². The molecule has 11 heteroatoms. The van der Waals surface area contributed by atoms with Crippen LogP contribution in [0.4, 0.5) is 9.18 Å². The van der Waals surface area contributed by atoms with Crippen molar-refractivity contribution < 1.29 is 36.7 Å². The van der Waals surface area contributed by atoms with E-state index in [2.05, 4.69) is 15.4 Å². The summed E-state index contributed by atoms with van der Waals surface area (Å²) < 4.78 is 46.6. The molecule has 1 atom stereocenters. The van der Waals surface area contributed by atoms with Gasteiger partial charge in [0.25, 0.3) is 0 Å². The van der Waals surface area contributed by atoms with E-state index in [-0.39, 0.29) is 13.2 Å². The number of carbonyl (C=O) groups is 3. The van der Waals surface area contributed by atoms with E-state index in [1.165, 1.54) is 13.8 Å². The molecule has 0 aromatic heterocycles. The normalized spacial score (nSPS) is 14.1. The summed E-state index contributed by atoms with van der Waals surface area (Å²) in [4.78, 5) is 34.3. The molecule has 0 aromatic rings. The molecule has 0 aliphatic rings. The van der Waals surface area contributed by atoms with Gasteiger partial charge in [-0.3, -0.25) is 4.79 Å². The van der Waals surface area contributed by atoms with Crippen LogP contribution in [0.3, 0.4) is 0 Å². The van der Waals surface area contributed by atoms with E-state index in [0.717, 1.165) is 12.3 Å². The summed E-state index contributed by atoms with van der Waals surface area (Å²) >= 11 is 0. The topological polar surface area (TPSA) is 128 Å². The number of esters is 1. The van der Waals surface area contributed by atoms with Gasteiger partial charge in [-0.15, -0.1) is 0 Å². The summed E-state index contributed by atoms with van der Waals surface area (Å²) in [6.07, 6.45) is 1.34. The SMILES string of the molecule is CCOC(=O)/C(=C/C(F)=C/CNC(=O)[C@H](C)NC(=O)OC(C)(C)C)S(C)(=O)=O. The second-order valence-electron chi connectivity index (χ2n) is 6.70. The van der Waals surface area contributed by atoms with Gasteiger partial charge in [-0.25, -0.2) is 22.4 Å². The summed E-state index contributed by atoms with van der Waals surface area (Å²) in [5.41, 5.74) is -0.727. The van der Waals surface area contributed by atoms with Crippen LogP contribution >= 0.6 is 0 Å². The minimum atomic E-state index is -4.01. The second kappa shape index (κ2) is 10.8. The van der Waals surface area contributed by atoms with Crippen molar-refractivity contribution in [3.8, 4) is 0 Å². The van der Waals surface area contributed by atoms with E-state index in [1.54, 1.807) is 20.8 Å². The average molecular weight is 422 g/mol. The molecule has 28 heavy (non-hydrogen) atoms. The lowest BCUT2D eigenvalue weighted by Crippen LogP contribution is -2.46. The number of sulfone groups is 1. The van der Waals surface area contributed by atoms with Crippen molar-refractivity contribution in [1.29, 1.82) is 0 Å². The Kier molecular flexibility index (Phi) is 9.85. The Morgan fingerprint density at radius 3 is 2.25 bits per heavy atom. The van der Waals surface area contributed by atoms with Gasteiger partial charge < -0.3 is 20.1 Å². The Labute approximate surface area is 164 Å². The second-order valence-corrected chi connectivity index (χ2v) is 8.69. The molecule has 0 unspecified atom stereocenters. The lowest BCUT2D eigenvalue weighted by Gasteiger charge is -2.21. The molecular weight excluding hydrogens is 395 g/mol. The number of ether oxygens (including phenoxy) is 2. The third-order valence-electron chi connectivity index (χ3n) is 2.84. The zero-order valence-corrected chi connectivity index (χ0v) is 17.6. The van der Waals surface area contributed by atoms with Gasteiger partial charge in [0.05, 0.1) is 6.61 Å². The van der Waals surface area contributed by atoms with Gasteiger partial charge >= 0.3 is 12.1 Å². The van der Waals surface area contributed by atoms with Crippen LogP contribution in [0.2, 0.25) is 0 Å². The van der Waals surface area contributed by atoms with Crippen LogP contribution in [0.15, 0.2) is 22.9 Å². The van der Waals surface area contributed by atoms with Crippen LogP contribution in [0.5, 0.6) is 0 Å². The highest BCUT2D eigenvalue weighted by atomic mass is 32.2. The van der Waals surface area contributed by atoms with Crippen LogP contribution in [-0.4, -0.2) is 57.4 Å². The quantitative estimate of drug-likeness (QED) is 0.343. The Morgan fingerprint density at radius 2 is 1.79 bits per heavy atom. The lowest BCUT2D eigenvalue weighted by atomic mass is 10.2. The van der Waals surface area contributed by atoms with Crippen molar-refractivity contribution >= 4 is 27.8 Å². The minimum Gasteiger partial charge on any atom is -0.462 e. The van der Waals surface area contributed by atoms with Crippen LogP contribution in [-0.2, 0) is 28.9 Å². The van der Waals surface area contributed by atoms with Gasteiger partial charge in [0.15, 0.2) is 14.7 Å². The van der Waals surface area contributed by atoms with Gasteiger partial charge in [-0.1, -0.05) is 0 Å². The molecule has 0 aromatic carbocycles. The number of hydrogen-bond acceptors (Lipinski definition) is 7. The fourth-order valence-electron chi connectivity index (χ4n) is 1.66. The van der Waals surface area contributed by atoms with E-state index in [1.807, 2.05) is 0 Å². The first-order chi connectivity index (χ1) is 12.7. The maximum Gasteiger partial charge on any atom is 0.408 e. The van der Waals surface area contributed by atoms with Gasteiger partial charge in [0.1, 0.15) is 17.5 Å². The number of allylic oxidation sites excluding steroid dienone is 2. The van der Waals surface area contributed by atoms with Gasteiger partial charge in [0, 0.05) is 12.8 Å². The highest BCUT2D eigenvalue weighted by Crippen LogP contribution is 2.12. The molecule has 0 fully saturated rings. The molecule has 0 spiro atoms. The summed E-state index contributed by atoms with van der Waals surface area (Å²) in [7, 11) is -4.01. The molecule has 0 saturated heterocycles. The summed E-state index contributed by atoms with van der Waals surface area (Å²) in [5.74, 6) is -2.85. The smallest absolute Gasteiger partial charge is 0.408 e. The van der Waals surface area contributed by atoms with Crippen molar-refractivity contribution in [2.24, 2.45) is 0 Å². The largest absolute Gasteiger partial charge is 0.462 e. The summed E-state index contributed by atoms with van der Waals surface area (Å²) in [6, 6.07) is -0.951. The molecule has 2 amide bonds. The predicted molar refractivity (Wildman–Crippen MR) is 101 cm³/mol. The van der Waals surface area contributed by atoms with Gasteiger partial charge in [-0.2, -0.15) is 0 Å². The number of halogens is 1. The zero-order chi connectivity index (χ0) is 22.1. The number of nitrogens with one attached hydrogen (secondary N) is 2. The molecule has 9 nitrogen and oxygen atoms in total. The molecular formula is C17H27FN2O7S. The van der Waals surface area contributed by atoms with Crippen molar-refractivity contribution in [2.75, 3.05) is 19.4 Å². The van der Waals surface area contributed by atoms with E-state index in [9.17, 15) is 27.2 Å². The third-order valence-corrected chi connectivity index (χ3v) is 3.93. The first-order valence-electron chi connectivity index (χ1n) is 8.39. The molecule has 0 rings (SSSR count). The van der Waals surface area contributed by atoms with Crippen LogP contribution < -0.4 is 10.6 Å². The lowest BCUT2D eigenvalue weighted by molar-refractivity contribution is -0.137. The fraction of sp³-hybridized carbons (Fsp3) is 0.588. The summed E-state index contributed by atoms with van der Waals surface area (Å²) in [6.45, 7) is 7.50. The van der Waals surface area contributed by atoms with Crippen LogP contribution in [0.25, 0.3) is 0 Å². The van der Waals surface area contributed by atoms with Crippen LogP contribution in [0.1, 0.15) is 34.6 Å². The summed E-state index contributed by atoms with van der Waals surface area (Å²) in [5, 5.41) is 4.64. The van der Waals surface area contributed by atoms with E-state index in [4.69, 9.17) is 4.74 Å². The molecule has 0 bridgehead atoms. The molecule has 2 N–H and O–H groups in total. The van der Waals surface area contributed by atoms with Crippen molar-refractivity contribution in [2.45, 2.75) is 46.3 Å². The molecule has 0 radical (unpaired) electrons. The van der Waals surface area contributed by atoms with Crippen molar-refractivity contribution in [3.63, 3.8) is 0 Å². The van der Waals surface area contributed by atoms with Crippen molar-refractivity contribution in [3.05, 3.63) is 22.9 Å². The Balaban J connectivity index is 4.88. The van der Waals surface area contributed by atoms with Gasteiger partial charge in [0.2, 0.25) is 5.91 Å². The molecule has 0 saturated carbocycles. The monoisotopic (exact) mass is 422 g/mol. The molecule has 0 aliphatic carbocycles. The first-order valence-corrected chi connectivity index (χ1v) is 10.3. The van der Waals surface area contributed by atoms with Crippen LogP contribution in [0, 0.1) is 0 Å². The average Bonchev–Trinajstić information content (AvgIpc) is 2.49. The number of hydrogen-bond donors (Lipinski definition) is 2. The van der Waals surface area contributed by atoms with E-state index >= 15 is 0 Å². The van der Waals surface area contributed by atoms with E-state index in [0.29, 0.717) is 6.08 Å². The fourth-order valence-corrected chi connectivity index (χ4v) is 2.34. The standard InChI is InChI=1S/C17H27FN2O7S/c1-7-26-15(22)13(28(6,24)25)10-12(18)8-9-19-14(21)11(2)20-16(23)27-17(3,4)5/h8,10-11H,7,9H2,1-6H3,(H,19,21)(H,20,23)/b12-8-,13-10-/t11-/m0/s1. The Bertz CT molecular complexity index is 752. The highest BCUT2D eigenvalue weighted by Gasteiger charge is 2.23. The number of carbonyl (C=O) groups excluding carboxylic acids is 3. The molecule has 0 aliphatic heterocycles. The Hall–Kier alpha value is -2.43. The van der Waals surface area contributed by atoms with Gasteiger partial charge in [-0.05, 0) is 46.8 Å². The maximum absolute atomic E-state index is 13.9. The molecule has 160 valence electrons.